The van der Waals surface area contributed by atoms with Crippen LogP contribution in [0.25, 0.3) is 33.5 Å². The minimum absolute atomic E-state index is 0.138. The Balaban J connectivity index is 1.66. The fourth-order valence-electron chi connectivity index (χ4n) is 4.48. The number of nitrogen functional groups attached to an aromatic ring is 1. The van der Waals surface area contributed by atoms with E-state index in [2.05, 4.69) is 20.2 Å². The van der Waals surface area contributed by atoms with Gasteiger partial charge in [-0.05, 0) is 36.4 Å². The monoisotopic (exact) mass is 526 g/mol. The number of anilines is 2. The number of rotatable bonds is 5. The van der Waals surface area contributed by atoms with Gasteiger partial charge < -0.3 is 25.9 Å². The van der Waals surface area contributed by atoms with Crippen molar-refractivity contribution in [2.24, 2.45) is 0 Å². The number of aliphatic hydroxyl groups is 1. The lowest BCUT2D eigenvalue weighted by Gasteiger charge is -2.31. The van der Waals surface area contributed by atoms with Gasteiger partial charge in [-0.25, -0.2) is 9.97 Å². The minimum atomic E-state index is -0.492. The van der Waals surface area contributed by atoms with Gasteiger partial charge in [0.2, 0.25) is 0 Å². The van der Waals surface area contributed by atoms with E-state index in [0.29, 0.717) is 32.4 Å². The first-order valence-corrected chi connectivity index (χ1v) is 12.1. The van der Waals surface area contributed by atoms with E-state index < -0.39 is 5.56 Å². The van der Waals surface area contributed by atoms with Crippen LogP contribution in [0.4, 0.5) is 11.5 Å². The molecular weight excluding hydrogens is 503 g/mol. The number of aliphatic hydroxyl groups excluding tert-OH is 1. The van der Waals surface area contributed by atoms with E-state index in [1.165, 1.54) is 7.11 Å². The fraction of sp³-hybridized carbons (Fsp3) is 0.240. The minimum Gasteiger partial charge on any atom is -0.412 e. The van der Waals surface area contributed by atoms with E-state index in [1.807, 2.05) is 18.2 Å². The van der Waals surface area contributed by atoms with Gasteiger partial charge in [0.25, 0.3) is 5.56 Å². The summed E-state index contributed by atoms with van der Waals surface area (Å²) in [6.07, 6.45) is 0. The SMILES string of the molecule is COn1c(=O)c(-c2c(Cl)cccc2Cl)cc2c(N)nc(-c3ccc(N4CCNCC4)c(CO)c3)nc21. The van der Waals surface area contributed by atoms with E-state index in [-0.39, 0.29) is 23.6 Å². The lowest BCUT2D eigenvalue weighted by molar-refractivity contribution is 0.168. The second kappa shape index (κ2) is 9.94. The molecule has 0 saturated carbocycles. The highest BCUT2D eigenvalue weighted by molar-refractivity contribution is 6.39. The van der Waals surface area contributed by atoms with Gasteiger partial charge in [0.05, 0.1) is 27.6 Å². The molecule has 5 rings (SSSR count). The Bertz CT molecular complexity index is 1500. The van der Waals surface area contributed by atoms with Gasteiger partial charge >= 0.3 is 0 Å². The van der Waals surface area contributed by atoms with Crippen LogP contribution in [-0.2, 0) is 6.61 Å². The number of hydrogen-bond donors (Lipinski definition) is 3. The molecule has 0 aliphatic carbocycles. The quantitative estimate of drug-likeness (QED) is 0.363. The first kappa shape index (κ1) is 24.3. The van der Waals surface area contributed by atoms with Crippen molar-refractivity contribution in [1.29, 1.82) is 0 Å². The molecule has 3 heterocycles. The summed E-state index contributed by atoms with van der Waals surface area (Å²) in [5, 5.41) is 14.4. The molecule has 186 valence electrons. The molecule has 4 aromatic rings. The lowest BCUT2D eigenvalue weighted by atomic mass is 10.1. The molecule has 9 nitrogen and oxygen atoms in total. The van der Waals surface area contributed by atoms with Gasteiger partial charge in [-0.1, -0.05) is 29.3 Å². The van der Waals surface area contributed by atoms with Crippen molar-refractivity contribution in [2.45, 2.75) is 6.61 Å². The van der Waals surface area contributed by atoms with Crippen molar-refractivity contribution in [3.63, 3.8) is 0 Å². The zero-order valence-corrected chi connectivity index (χ0v) is 21.0. The standard InChI is InChI=1S/C25H24Cl2N6O3/c1-36-33-24-17(12-16(25(33)35)21-18(26)3-2-4-19(21)27)22(28)30-23(31-24)14-5-6-20(15(11-14)13-34)32-9-7-29-8-10-32/h2-6,11-12,29,34H,7-10,13H2,1H3,(H2,28,30,31). The summed E-state index contributed by atoms with van der Waals surface area (Å²) in [5.74, 6) is 0.456. The number of pyridine rings is 1. The Kier molecular flexibility index (Phi) is 6.72. The number of hydrogen-bond acceptors (Lipinski definition) is 8. The maximum Gasteiger partial charge on any atom is 0.293 e. The van der Waals surface area contributed by atoms with Crippen LogP contribution in [0.1, 0.15) is 5.56 Å². The van der Waals surface area contributed by atoms with Crippen molar-refractivity contribution in [2.75, 3.05) is 43.9 Å². The molecule has 4 N–H and O–H groups in total. The van der Waals surface area contributed by atoms with Crippen LogP contribution in [0.3, 0.4) is 0 Å². The maximum atomic E-state index is 13.4. The topological polar surface area (TPSA) is 119 Å². The summed E-state index contributed by atoms with van der Waals surface area (Å²) in [6.45, 7) is 3.33. The van der Waals surface area contributed by atoms with Crippen molar-refractivity contribution in [3.05, 3.63) is 68.4 Å². The summed E-state index contributed by atoms with van der Waals surface area (Å²) in [5.41, 5.74) is 9.03. The molecule has 1 fully saturated rings. The molecule has 1 aliphatic rings. The zero-order valence-electron chi connectivity index (χ0n) is 19.5. The second-order valence-corrected chi connectivity index (χ2v) is 9.16. The van der Waals surface area contributed by atoms with Gasteiger partial charge in [-0.15, -0.1) is 4.73 Å². The predicted molar refractivity (Wildman–Crippen MR) is 143 cm³/mol. The molecule has 11 heteroatoms. The molecule has 36 heavy (non-hydrogen) atoms. The Morgan fingerprint density at radius 1 is 1.11 bits per heavy atom. The number of nitrogens with zero attached hydrogens (tertiary/aromatic N) is 4. The van der Waals surface area contributed by atoms with Crippen molar-refractivity contribution in [3.8, 4) is 22.5 Å². The average molecular weight is 527 g/mol. The summed E-state index contributed by atoms with van der Waals surface area (Å²) >= 11 is 12.7. The van der Waals surface area contributed by atoms with E-state index in [4.69, 9.17) is 33.8 Å². The zero-order chi connectivity index (χ0) is 25.4. The molecule has 2 aromatic heterocycles. The first-order chi connectivity index (χ1) is 17.4. The fourth-order valence-corrected chi connectivity index (χ4v) is 5.08. The highest BCUT2D eigenvalue weighted by Crippen LogP contribution is 2.35. The van der Waals surface area contributed by atoms with Crippen LogP contribution in [0, 0.1) is 0 Å². The van der Waals surface area contributed by atoms with E-state index in [0.717, 1.165) is 42.2 Å². The predicted octanol–water partition coefficient (Wildman–Crippen LogP) is 2.97. The van der Waals surface area contributed by atoms with Crippen molar-refractivity contribution < 1.29 is 9.94 Å². The van der Waals surface area contributed by atoms with Crippen LogP contribution in [0.2, 0.25) is 10.0 Å². The first-order valence-electron chi connectivity index (χ1n) is 11.3. The number of halogens is 2. The summed E-state index contributed by atoms with van der Waals surface area (Å²) in [7, 11) is 1.36. The molecule has 0 radical (unpaired) electrons. The highest BCUT2D eigenvalue weighted by Gasteiger charge is 2.21. The number of fused-ring (bicyclic) bond motifs is 1. The van der Waals surface area contributed by atoms with Gasteiger partial charge in [0.1, 0.15) is 12.9 Å². The third-order valence-corrected chi connectivity index (χ3v) is 6.86. The van der Waals surface area contributed by atoms with E-state index in [9.17, 15) is 9.90 Å². The van der Waals surface area contributed by atoms with Gasteiger partial charge in [-0.2, -0.15) is 0 Å². The number of nitrogens with two attached hydrogens (primary N) is 1. The van der Waals surface area contributed by atoms with Crippen LogP contribution in [0.5, 0.6) is 0 Å². The third-order valence-electron chi connectivity index (χ3n) is 6.23. The molecule has 0 bridgehead atoms. The Hall–Kier alpha value is -3.37. The van der Waals surface area contributed by atoms with Crippen molar-refractivity contribution in [1.82, 2.24) is 20.0 Å². The molecular formula is C25H24Cl2N6O3. The molecule has 0 spiro atoms. The molecule has 0 atom stereocenters. The number of benzene rings is 2. The number of nitrogens with one attached hydrogen (secondary N) is 1. The van der Waals surface area contributed by atoms with Gasteiger partial charge in [0, 0.05) is 48.6 Å². The molecule has 1 aliphatic heterocycles. The number of piperazine rings is 1. The van der Waals surface area contributed by atoms with Crippen molar-refractivity contribution >= 4 is 45.7 Å². The normalized spacial score (nSPS) is 13.8. The van der Waals surface area contributed by atoms with Crippen LogP contribution >= 0.6 is 23.2 Å². The Morgan fingerprint density at radius 3 is 2.50 bits per heavy atom. The third kappa shape index (κ3) is 4.24. The summed E-state index contributed by atoms with van der Waals surface area (Å²) in [6, 6.07) is 12.2. The van der Waals surface area contributed by atoms with Gasteiger partial charge in [-0.3, -0.25) is 4.79 Å². The Morgan fingerprint density at radius 2 is 1.83 bits per heavy atom. The second-order valence-electron chi connectivity index (χ2n) is 8.35. The molecule has 1 saturated heterocycles. The molecule has 0 amide bonds. The largest absolute Gasteiger partial charge is 0.412 e. The average Bonchev–Trinajstić information content (AvgIpc) is 2.89. The lowest BCUT2D eigenvalue weighted by Crippen LogP contribution is -2.43. The van der Waals surface area contributed by atoms with Crippen LogP contribution in [0.15, 0.2) is 47.3 Å². The van der Waals surface area contributed by atoms with Gasteiger partial charge in [0.15, 0.2) is 11.5 Å². The smallest absolute Gasteiger partial charge is 0.293 e. The summed E-state index contributed by atoms with van der Waals surface area (Å²) in [4.78, 5) is 30.1. The number of aromatic nitrogens is 3. The van der Waals surface area contributed by atoms with Crippen LogP contribution < -0.4 is 26.3 Å². The Labute approximate surface area is 217 Å². The molecule has 2 aromatic carbocycles. The maximum absolute atomic E-state index is 13.4. The molecule has 0 unspecified atom stereocenters. The van der Waals surface area contributed by atoms with Crippen LogP contribution in [-0.4, -0.2) is 53.1 Å². The van der Waals surface area contributed by atoms with E-state index in [1.54, 1.807) is 24.3 Å². The van der Waals surface area contributed by atoms with E-state index >= 15 is 0 Å². The highest BCUT2D eigenvalue weighted by atomic mass is 35.5. The summed E-state index contributed by atoms with van der Waals surface area (Å²) < 4.78 is 1.05.